The van der Waals surface area contributed by atoms with E-state index >= 15 is 0 Å². The minimum Gasteiger partial charge on any atom is -0.0917 e. The molecule has 0 aromatic rings. The minimum atomic E-state index is 1.26. The fourth-order valence-corrected chi connectivity index (χ4v) is 3.44. The summed E-state index contributed by atoms with van der Waals surface area (Å²) in [7, 11) is 0. The second kappa shape index (κ2) is 26.0. The fraction of sp³-hybridized carbons (Fsp3) is 0.714. The van der Waals surface area contributed by atoms with Gasteiger partial charge in [0.05, 0.1) is 0 Å². The SMILES string of the molecule is CC=CCCCCCCC=CCCCCCCC=CCCCCCCC=CC. The van der Waals surface area contributed by atoms with Crippen LogP contribution in [-0.2, 0) is 0 Å². The first-order chi connectivity index (χ1) is 13.9. The molecule has 0 N–H and O–H groups in total. The van der Waals surface area contributed by atoms with Crippen LogP contribution in [-0.4, -0.2) is 0 Å². The lowest BCUT2D eigenvalue weighted by molar-refractivity contribution is 0.642. The lowest BCUT2D eigenvalue weighted by atomic mass is 10.1. The Kier molecular flexibility index (Phi) is 25.0. The van der Waals surface area contributed by atoms with Crippen molar-refractivity contribution in [3.63, 3.8) is 0 Å². The summed E-state index contributed by atoms with van der Waals surface area (Å²) in [6.45, 7) is 4.22. The zero-order valence-electron chi connectivity index (χ0n) is 19.3. The van der Waals surface area contributed by atoms with E-state index in [0.717, 1.165) is 0 Å². The third-order valence-corrected chi connectivity index (χ3v) is 5.28. The Labute approximate surface area is 178 Å². The molecule has 0 saturated heterocycles. The summed E-state index contributed by atoms with van der Waals surface area (Å²) in [4.78, 5) is 0. The second-order valence-corrected chi connectivity index (χ2v) is 8.06. The van der Waals surface area contributed by atoms with E-state index in [1.807, 2.05) is 0 Å². The van der Waals surface area contributed by atoms with E-state index in [2.05, 4.69) is 62.5 Å². The van der Waals surface area contributed by atoms with E-state index in [4.69, 9.17) is 0 Å². The highest BCUT2D eigenvalue weighted by molar-refractivity contribution is 4.83. The molecule has 0 unspecified atom stereocenters. The summed E-state index contributed by atoms with van der Waals surface area (Å²) in [5.74, 6) is 0. The molecule has 0 spiro atoms. The number of rotatable bonds is 21. The van der Waals surface area contributed by atoms with Crippen molar-refractivity contribution >= 4 is 0 Å². The smallest absolute Gasteiger partial charge is 0.0351 e. The van der Waals surface area contributed by atoms with E-state index in [0.29, 0.717) is 0 Å². The van der Waals surface area contributed by atoms with E-state index in [9.17, 15) is 0 Å². The minimum absolute atomic E-state index is 1.26. The third kappa shape index (κ3) is 25.0. The fourth-order valence-electron chi connectivity index (χ4n) is 3.44. The van der Waals surface area contributed by atoms with Gasteiger partial charge in [-0.15, -0.1) is 0 Å². The molecule has 0 amide bonds. The van der Waals surface area contributed by atoms with Gasteiger partial charge in [-0.3, -0.25) is 0 Å². The first-order valence-electron chi connectivity index (χ1n) is 12.4. The van der Waals surface area contributed by atoms with Gasteiger partial charge in [0.2, 0.25) is 0 Å². The van der Waals surface area contributed by atoms with Gasteiger partial charge in [-0.2, -0.15) is 0 Å². The molecular weight excluding hydrogens is 336 g/mol. The van der Waals surface area contributed by atoms with E-state index in [1.165, 1.54) is 116 Å². The maximum absolute atomic E-state index is 2.41. The van der Waals surface area contributed by atoms with Crippen LogP contribution in [0.15, 0.2) is 48.6 Å². The summed E-state index contributed by atoms with van der Waals surface area (Å²) in [6, 6.07) is 0. The number of unbranched alkanes of at least 4 members (excludes halogenated alkanes) is 15. The zero-order chi connectivity index (χ0) is 20.4. The Hall–Kier alpha value is -1.04. The molecule has 0 nitrogen and oxygen atoms in total. The van der Waals surface area contributed by atoms with Gasteiger partial charge >= 0.3 is 0 Å². The van der Waals surface area contributed by atoms with Crippen LogP contribution in [0.25, 0.3) is 0 Å². The monoisotopic (exact) mass is 386 g/mol. The molecule has 0 aromatic heterocycles. The maximum Gasteiger partial charge on any atom is -0.0351 e. The standard InChI is InChI=1S/C28H50/c1-3-5-7-9-11-13-15-17-19-21-23-25-27-28-26-24-22-20-18-16-14-12-10-8-6-4-2/h3-6,19-22H,7-18,23-28H2,1-2H3. The molecular formula is C28H50. The summed E-state index contributed by atoms with van der Waals surface area (Å²) in [5, 5.41) is 0. The molecule has 0 fully saturated rings. The quantitative estimate of drug-likeness (QED) is 0.136. The molecule has 0 aliphatic rings. The van der Waals surface area contributed by atoms with Gasteiger partial charge in [0.15, 0.2) is 0 Å². The molecule has 0 bridgehead atoms. The van der Waals surface area contributed by atoms with E-state index in [-0.39, 0.29) is 0 Å². The Morgan fingerprint density at radius 1 is 0.286 bits per heavy atom. The highest BCUT2D eigenvalue weighted by Crippen LogP contribution is 2.10. The lowest BCUT2D eigenvalue weighted by Crippen LogP contribution is -1.79. The van der Waals surface area contributed by atoms with Gasteiger partial charge in [-0.05, 0) is 90.9 Å². The van der Waals surface area contributed by atoms with Gasteiger partial charge in [0.25, 0.3) is 0 Å². The second-order valence-electron chi connectivity index (χ2n) is 8.06. The average Bonchev–Trinajstić information content (AvgIpc) is 2.71. The molecule has 0 aliphatic heterocycles. The Morgan fingerprint density at radius 2 is 0.500 bits per heavy atom. The molecule has 0 aliphatic carbocycles. The summed E-state index contributed by atoms with van der Waals surface area (Å²) in [5.41, 5.74) is 0. The molecule has 0 atom stereocenters. The van der Waals surface area contributed by atoms with E-state index < -0.39 is 0 Å². The number of hydrogen-bond donors (Lipinski definition) is 0. The zero-order valence-corrected chi connectivity index (χ0v) is 19.3. The normalized spacial score (nSPS) is 12.5. The van der Waals surface area contributed by atoms with Gasteiger partial charge in [-0.1, -0.05) is 87.1 Å². The highest BCUT2D eigenvalue weighted by Gasteiger charge is 1.90. The van der Waals surface area contributed by atoms with Crippen LogP contribution < -0.4 is 0 Å². The van der Waals surface area contributed by atoms with Crippen LogP contribution in [0.3, 0.4) is 0 Å². The molecule has 28 heavy (non-hydrogen) atoms. The van der Waals surface area contributed by atoms with Crippen molar-refractivity contribution in [3.05, 3.63) is 48.6 Å². The molecule has 0 aromatic carbocycles. The molecule has 0 rings (SSSR count). The maximum atomic E-state index is 2.41. The topological polar surface area (TPSA) is 0 Å². The van der Waals surface area contributed by atoms with Crippen molar-refractivity contribution in [2.75, 3.05) is 0 Å². The van der Waals surface area contributed by atoms with Crippen molar-refractivity contribution in [2.45, 2.75) is 129 Å². The Morgan fingerprint density at radius 3 is 0.714 bits per heavy atom. The average molecular weight is 387 g/mol. The van der Waals surface area contributed by atoms with Crippen molar-refractivity contribution in [1.29, 1.82) is 0 Å². The van der Waals surface area contributed by atoms with Crippen LogP contribution in [0, 0.1) is 0 Å². The van der Waals surface area contributed by atoms with Crippen molar-refractivity contribution in [2.24, 2.45) is 0 Å². The molecule has 0 saturated carbocycles. The Balaban J connectivity index is 3.16. The van der Waals surface area contributed by atoms with E-state index in [1.54, 1.807) is 0 Å². The molecule has 0 heterocycles. The molecule has 162 valence electrons. The number of hydrogen-bond acceptors (Lipinski definition) is 0. The van der Waals surface area contributed by atoms with Crippen LogP contribution in [0.2, 0.25) is 0 Å². The predicted octanol–water partition coefficient (Wildman–Crippen LogP) is 10.3. The lowest BCUT2D eigenvalue weighted by Gasteiger charge is -1.99. The van der Waals surface area contributed by atoms with Crippen LogP contribution >= 0.6 is 0 Å². The van der Waals surface area contributed by atoms with Crippen molar-refractivity contribution in [3.8, 4) is 0 Å². The van der Waals surface area contributed by atoms with Gasteiger partial charge in [-0.25, -0.2) is 0 Å². The van der Waals surface area contributed by atoms with Gasteiger partial charge in [0, 0.05) is 0 Å². The number of allylic oxidation sites excluding steroid dienone is 8. The van der Waals surface area contributed by atoms with Gasteiger partial charge < -0.3 is 0 Å². The summed E-state index contributed by atoms with van der Waals surface area (Å²) in [6.07, 6.45) is 42.8. The van der Waals surface area contributed by atoms with Crippen LogP contribution in [0.4, 0.5) is 0 Å². The summed E-state index contributed by atoms with van der Waals surface area (Å²) >= 11 is 0. The summed E-state index contributed by atoms with van der Waals surface area (Å²) < 4.78 is 0. The van der Waals surface area contributed by atoms with Crippen LogP contribution in [0.1, 0.15) is 129 Å². The largest absolute Gasteiger partial charge is 0.0917 e. The highest BCUT2D eigenvalue weighted by atomic mass is 14.0. The van der Waals surface area contributed by atoms with Crippen molar-refractivity contribution in [1.82, 2.24) is 0 Å². The van der Waals surface area contributed by atoms with Gasteiger partial charge in [0.1, 0.15) is 0 Å². The van der Waals surface area contributed by atoms with Crippen LogP contribution in [0.5, 0.6) is 0 Å². The predicted molar refractivity (Wildman–Crippen MR) is 131 cm³/mol. The first kappa shape index (κ1) is 27.0. The Bertz CT molecular complexity index is 345. The third-order valence-electron chi connectivity index (χ3n) is 5.28. The first-order valence-corrected chi connectivity index (χ1v) is 12.4. The molecule has 0 heteroatoms. The van der Waals surface area contributed by atoms with Crippen molar-refractivity contribution < 1.29 is 0 Å². The molecule has 0 radical (unpaired) electrons.